The van der Waals surface area contributed by atoms with Gasteiger partial charge in [-0.25, -0.2) is 0 Å². The molecule has 20 heavy (non-hydrogen) atoms. The highest BCUT2D eigenvalue weighted by molar-refractivity contribution is 9.10. The number of hydrogen-bond donors (Lipinski definition) is 2. The minimum atomic E-state index is 0.230. The summed E-state index contributed by atoms with van der Waals surface area (Å²) in [7, 11) is 1.71. The van der Waals surface area contributed by atoms with Gasteiger partial charge in [-0.1, -0.05) is 15.9 Å². The van der Waals surface area contributed by atoms with Crippen LogP contribution >= 0.6 is 15.9 Å². The van der Waals surface area contributed by atoms with E-state index < -0.39 is 0 Å². The van der Waals surface area contributed by atoms with Crippen LogP contribution in [-0.4, -0.2) is 25.4 Å². The monoisotopic (exact) mass is 340 g/mol. The number of halogens is 1. The molecular formula is C15H21BrN2O2. The fourth-order valence-corrected chi connectivity index (χ4v) is 3.99. The average molecular weight is 341 g/mol. The van der Waals surface area contributed by atoms with Crippen LogP contribution in [-0.2, 0) is 11.2 Å². The van der Waals surface area contributed by atoms with Crippen LogP contribution in [0.15, 0.2) is 22.7 Å². The van der Waals surface area contributed by atoms with Crippen molar-refractivity contribution in [1.29, 1.82) is 0 Å². The SMILES string of the molecule is COc1ccc(Br)cc1CC(NN)C1CC2CCC1O2. The van der Waals surface area contributed by atoms with Crippen molar-refractivity contribution in [3.05, 3.63) is 28.2 Å². The van der Waals surface area contributed by atoms with Crippen LogP contribution in [0.25, 0.3) is 0 Å². The Morgan fingerprint density at radius 2 is 2.35 bits per heavy atom. The molecule has 0 aromatic heterocycles. The van der Waals surface area contributed by atoms with E-state index >= 15 is 0 Å². The van der Waals surface area contributed by atoms with Crippen molar-refractivity contribution >= 4 is 15.9 Å². The molecule has 2 aliphatic rings. The van der Waals surface area contributed by atoms with Crippen molar-refractivity contribution in [3.63, 3.8) is 0 Å². The molecule has 2 saturated heterocycles. The number of rotatable bonds is 5. The van der Waals surface area contributed by atoms with Crippen molar-refractivity contribution in [2.45, 2.75) is 43.9 Å². The van der Waals surface area contributed by atoms with Crippen molar-refractivity contribution in [1.82, 2.24) is 5.43 Å². The Balaban J connectivity index is 1.76. The zero-order valence-electron chi connectivity index (χ0n) is 11.6. The van der Waals surface area contributed by atoms with Gasteiger partial charge in [-0.3, -0.25) is 11.3 Å². The Labute approximate surface area is 128 Å². The molecule has 4 atom stereocenters. The summed E-state index contributed by atoms with van der Waals surface area (Å²) in [5.74, 6) is 7.22. The van der Waals surface area contributed by atoms with Gasteiger partial charge in [0.15, 0.2) is 0 Å². The lowest BCUT2D eigenvalue weighted by Gasteiger charge is -2.28. The molecule has 0 radical (unpaired) electrons. The second-order valence-electron chi connectivity index (χ2n) is 5.71. The van der Waals surface area contributed by atoms with Crippen LogP contribution in [0.5, 0.6) is 5.75 Å². The lowest BCUT2D eigenvalue weighted by molar-refractivity contribution is 0.0856. The molecule has 1 aromatic carbocycles. The molecule has 110 valence electrons. The van der Waals surface area contributed by atoms with Crippen LogP contribution in [0.4, 0.5) is 0 Å². The summed E-state index contributed by atoms with van der Waals surface area (Å²) in [6, 6.07) is 6.32. The molecule has 0 aliphatic carbocycles. The first-order valence-corrected chi connectivity index (χ1v) is 7.94. The summed E-state index contributed by atoms with van der Waals surface area (Å²) in [5.41, 5.74) is 4.17. The molecule has 4 unspecified atom stereocenters. The third-order valence-electron chi connectivity index (χ3n) is 4.57. The van der Waals surface area contributed by atoms with Crippen molar-refractivity contribution in [3.8, 4) is 5.75 Å². The highest BCUT2D eigenvalue weighted by Crippen LogP contribution is 2.41. The molecule has 4 nitrogen and oxygen atoms in total. The zero-order valence-corrected chi connectivity index (χ0v) is 13.2. The Morgan fingerprint density at radius 3 is 2.95 bits per heavy atom. The molecule has 2 bridgehead atoms. The average Bonchev–Trinajstić information content (AvgIpc) is 3.07. The summed E-state index contributed by atoms with van der Waals surface area (Å²) in [4.78, 5) is 0. The summed E-state index contributed by atoms with van der Waals surface area (Å²) in [6.45, 7) is 0. The first-order chi connectivity index (χ1) is 9.71. The van der Waals surface area contributed by atoms with E-state index in [1.54, 1.807) is 7.11 Å². The second-order valence-corrected chi connectivity index (χ2v) is 6.62. The predicted molar refractivity (Wildman–Crippen MR) is 81.5 cm³/mol. The number of hydrogen-bond acceptors (Lipinski definition) is 4. The van der Waals surface area contributed by atoms with Gasteiger partial charge in [0.25, 0.3) is 0 Å². The molecule has 0 spiro atoms. The van der Waals surface area contributed by atoms with Crippen molar-refractivity contribution in [2.75, 3.05) is 7.11 Å². The second kappa shape index (κ2) is 6.02. The number of fused-ring (bicyclic) bond motifs is 2. The Bertz CT molecular complexity index is 483. The van der Waals surface area contributed by atoms with E-state index in [0.717, 1.165) is 23.1 Å². The molecule has 2 heterocycles. The smallest absolute Gasteiger partial charge is 0.122 e. The molecule has 1 aromatic rings. The number of ether oxygens (including phenoxy) is 2. The highest BCUT2D eigenvalue weighted by atomic mass is 79.9. The highest BCUT2D eigenvalue weighted by Gasteiger charge is 2.44. The summed E-state index contributed by atoms with van der Waals surface area (Å²) >= 11 is 3.52. The third-order valence-corrected chi connectivity index (χ3v) is 5.06. The number of nitrogens with two attached hydrogens (primary N) is 1. The molecule has 3 rings (SSSR count). The van der Waals surface area contributed by atoms with Gasteiger partial charge in [0.05, 0.1) is 19.3 Å². The Hall–Kier alpha value is -0.620. The van der Waals surface area contributed by atoms with E-state index in [0.29, 0.717) is 18.1 Å². The van der Waals surface area contributed by atoms with Crippen LogP contribution in [0.3, 0.4) is 0 Å². The van der Waals surface area contributed by atoms with Gasteiger partial charge in [0, 0.05) is 16.4 Å². The Kier molecular flexibility index (Phi) is 4.31. The predicted octanol–water partition coefficient (Wildman–Crippen LogP) is 2.40. The number of nitrogens with one attached hydrogen (secondary N) is 1. The van der Waals surface area contributed by atoms with E-state index in [1.807, 2.05) is 12.1 Å². The van der Waals surface area contributed by atoms with Gasteiger partial charge in [0.1, 0.15) is 5.75 Å². The molecule has 2 aliphatic heterocycles. The maximum absolute atomic E-state index is 5.95. The molecular weight excluding hydrogens is 320 g/mol. The summed E-state index contributed by atoms with van der Waals surface area (Å²) in [5, 5.41) is 0. The minimum absolute atomic E-state index is 0.230. The number of hydrazine groups is 1. The fraction of sp³-hybridized carbons (Fsp3) is 0.600. The fourth-order valence-electron chi connectivity index (χ4n) is 3.58. The third kappa shape index (κ3) is 2.72. The lowest BCUT2D eigenvalue weighted by Crippen LogP contribution is -2.45. The van der Waals surface area contributed by atoms with Crippen LogP contribution in [0.2, 0.25) is 0 Å². The van der Waals surface area contributed by atoms with Crippen LogP contribution in [0.1, 0.15) is 24.8 Å². The van der Waals surface area contributed by atoms with Crippen LogP contribution < -0.4 is 16.0 Å². The Morgan fingerprint density at radius 1 is 1.50 bits per heavy atom. The van der Waals surface area contributed by atoms with Gasteiger partial charge >= 0.3 is 0 Å². The van der Waals surface area contributed by atoms with E-state index in [-0.39, 0.29) is 6.04 Å². The molecule has 0 amide bonds. The van der Waals surface area contributed by atoms with Crippen molar-refractivity contribution < 1.29 is 9.47 Å². The summed E-state index contributed by atoms with van der Waals surface area (Å²) in [6.07, 6.45) is 5.18. The van der Waals surface area contributed by atoms with Gasteiger partial charge < -0.3 is 9.47 Å². The van der Waals surface area contributed by atoms with Gasteiger partial charge in [-0.15, -0.1) is 0 Å². The topological polar surface area (TPSA) is 56.5 Å². The van der Waals surface area contributed by atoms with Gasteiger partial charge in [-0.2, -0.15) is 0 Å². The minimum Gasteiger partial charge on any atom is -0.496 e. The van der Waals surface area contributed by atoms with Crippen molar-refractivity contribution in [2.24, 2.45) is 11.8 Å². The molecule has 3 N–H and O–H groups in total. The van der Waals surface area contributed by atoms with Gasteiger partial charge in [0.2, 0.25) is 0 Å². The maximum Gasteiger partial charge on any atom is 0.122 e. The zero-order chi connectivity index (χ0) is 14.1. The maximum atomic E-state index is 5.95. The number of benzene rings is 1. The number of methoxy groups -OCH3 is 1. The van der Waals surface area contributed by atoms with Crippen LogP contribution in [0, 0.1) is 5.92 Å². The molecule has 0 saturated carbocycles. The quantitative estimate of drug-likeness (QED) is 0.638. The van der Waals surface area contributed by atoms with E-state index in [9.17, 15) is 0 Å². The molecule has 2 fully saturated rings. The largest absolute Gasteiger partial charge is 0.496 e. The normalized spacial score (nSPS) is 29.6. The van der Waals surface area contributed by atoms with E-state index in [1.165, 1.54) is 18.4 Å². The van der Waals surface area contributed by atoms with E-state index in [4.69, 9.17) is 15.3 Å². The summed E-state index contributed by atoms with van der Waals surface area (Å²) < 4.78 is 12.5. The van der Waals surface area contributed by atoms with Gasteiger partial charge in [-0.05, 0) is 49.4 Å². The van der Waals surface area contributed by atoms with E-state index in [2.05, 4.69) is 27.4 Å². The first-order valence-electron chi connectivity index (χ1n) is 7.15. The lowest BCUT2D eigenvalue weighted by atomic mass is 9.81. The first kappa shape index (κ1) is 14.3. The molecule has 5 heteroatoms. The standard InChI is InChI=1S/C15H21BrN2O2/c1-19-14-4-2-10(16)6-9(14)7-13(18-17)12-8-11-3-5-15(12)20-11/h2,4,6,11-13,15,18H,3,5,7-8,17H2,1H3.